The molecule has 0 saturated heterocycles. The SMILES string of the molecule is Cc1nc(CNC(=O)Nc2cccc3ccccc23)c2ccccn12. The number of anilines is 1. The molecule has 0 aliphatic carbocycles. The van der Waals surface area contributed by atoms with Gasteiger partial charge in [0.25, 0.3) is 0 Å². The van der Waals surface area contributed by atoms with Crippen LogP contribution in [0.1, 0.15) is 11.5 Å². The number of rotatable bonds is 3. The molecule has 0 radical (unpaired) electrons. The van der Waals surface area contributed by atoms with Crippen molar-refractivity contribution in [1.29, 1.82) is 0 Å². The first kappa shape index (κ1) is 15.2. The van der Waals surface area contributed by atoms with E-state index in [2.05, 4.69) is 15.6 Å². The summed E-state index contributed by atoms with van der Waals surface area (Å²) in [4.78, 5) is 16.9. The molecule has 2 N–H and O–H groups in total. The maximum absolute atomic E-state index is 12.3. The molecule has 2 amide bonds. The van der Waals surface area contributed by atoms with Gasteiger partial charge in [-0.3, -0.25) is 0 Å². The number of hydrogen-bond donors (Lipinski definition) is 2. The Morgan fingerprint density at radius 2 is 1.84 bits per heavy atom. The van der Waals surface area contributed by atoms with Crippen LogP contribution < -0.4 is 10.6 Å². The highest BCUT2D eigenvalue weighted by Gasteiger charge is 2.10. The molecule has 0 aliphatic heterocycles. The minimum Gasteiger partial charge on any atom is -0.332 e. The second-order valence-corrected chi connectivity index (χ2v) is 5.90. The van der Waals surface area contributed by atoms with Crippen LogP contribution in [0.5, 0.6) is 0 Å². The first-order chi connectivity index (χ1) is 12.2. The summed E-state index contributed by atoms with van der Waals surface area (Å²) in [6.45, 7) is 2.32. The van der Waals surface area contributed by atoms with Gasteiger partial charge >= 0.3 is 6.03 Å². The van der Waals surface area contributed by atoms with E-state index in [0.717, 1.165) is 33.5 Å². The van der Waals surface area contributed by atoms with Crippen molar-refractivity contribution in [3.05, 3.63) is 78.4 Å². The molecule has 0 aliphatic rings. The standard InChI is InChI=1S/C20H18N4O/c1-14-22-18(19-11-4-5-12-24(14)19)13-21-20(25)23-17-10-6-8-15-7-2-3-9-16(15)17/h2-12H,13H2,1H3,(H2,21,23,25). The molecule has 0 saturated carbocycles. The van der Waals surface area contributed by atoms with Crippen LogP contribution in [-0.2, 0) is 6.54 Å². The fourth-order valence-corrected chi connectivity index (χ4v) is 3.06. The maximum atomic E-state index is 12.3. The van der Waals surface area contributed by atoms with Gasteiger partial charge in [-0.25, -0.2) is 9.78 Å². The van der Waals surface area contributed by atoms with Gasteiger partial charge in [-0.2, -0.15) is 0 Å². The van der Waals surface area contributed by atoms with Crippen molar-refractivity contribution in [2.45, 2.75) is 13.5 Å². The van der Waals surface area contributed by atoms with Gasteiger partial charge in [-0.1, -0.05) is 42.5 Å². The first-order valence-electron chi connectivity index (χ1n) is 8.17. The zero-order valence-corrected chi connectivity index (χ0v) is 13.9. The highest BCUT2D eigenvalue weighted by atomic mass is 16.2. The monoisotopic (exact) mass is 330 g/mol. The van der Waals surface area contributed by atoms with Crippen LogP contribution in [-0.4, -0.2) is 15.4 Å². The summed E-state index contributed by atoms with van der Waals surface area (Å²) in [6.07, 6.45) is 1.97. The molecule has 0 bridgehead atoms. The quantitative estimate of drug-likeness (QED) is 0.594. The smallest absolute Gasteiger partial charge is 0.319 e. The van der Waals surface area contributed by atoms with E-state index in [-0.39, 0.29) is 6.03 Å². The highest BCUT2D eigenvalue weighted by Crippen LogP contribution is 2.22. The van der Waals surface area contributed by atoms with Crippen molar-refractivity contribution in [2.75, 3.05) is 5.32 Å². The van der Waals surface area contributed by atoms with E-state index in [1.165, 1.54) is 0 Å². The molecule has 25 heavy (non-hydrogen) atoms. The number of benzene rings is 2. The highest BCUT2D eigenvalue weighted by molar-refractivity contribution is 6.01. The number of amides is 2. The normalized spacial score (nSPS) is 10.9. The summed E-state index contributed by atoms with van der Waals surface area (Å²) < 4.78 is 2.01. The Morgan fingerprint density at radius 3 is 2.76 bits per heavy atom. The van der Waals surface area contributed by atoms with Gasteiger partial charge in [0.05, 0.1) is 23.4 Å². The minimum atomic E-state index is -0.244. The predicted molar refractivity (Wildman–Crippen MR) is 99.7 cm³/mol. The number of fused-ring (bicyclic) bond motifs is 2. The van der Waals surface area contributed by atoms with Crippen molar-refractivity contribution in [2.24, 2.45) is 0 Å². The Bertz CT molecular complexity index is 1060. The lowest BCUT2D eigenvalue weighted by Gasteiger charge is -2.09. The summed E-state index contributed by atoms with van der Waals surface area (Å²) in [5.74, 6) is 0.905. The van der Waals surface area contributed by atoms with Gasteiger partial charge in [-0.05, 0) is 30.5 Å². The maximum Gasteiger partial charge on any atom is 0.319 e. The molecule has 2 heterocycles. The Labute approximate surface area is 145 Å². The summed E-state index contributed by atoms with van der Waals surface area (Å²) in [6, 6.07) is 19.5. The Balaban J connectivity index is 1.50. The van der Waals surface area contributed by atoms with Crippen LogP contribution in [0.4, 0.5) is 10.5 Å². The molecule has 2 aromatic heterocycles. The molecule has 0 atom stereocenters. The second-order valence-electron chi connectivity index (χ2n) is 5.90. The summed E-state index contributed by atoms with van der Waals surface area (Å²) in [5.41, 5.74) is 2.65. The Morgan fingerprint density at radius 1 is 1.04 bits per heavy atom. The first-order valence-corrected chi connectivity index (χ1v) is 8.17. The van der Waals surface area contributed by atoms with E-state index in [4.69, 9.17) is 0 Å². The van der Waals surface area contributed by atoms with Crippen molar-refractivity contribution in [3.8, 4) is 0 Å². The molecular weight excluding hydrogens is 312 g/mol. The van der Waals surface area contributed by atoms with Crippen LogP contribution in [0.25, 0.3) is 16.3 Å². The lowest BCUT2D eigenvalue weighted by atomic mass is 10.1. The van der Waals surface area contributed by atoms with Crippen molar-refractivity contribution >= 4 is 28.0 Å². The topological polar surface area (TPSA) is 58.4 Å². The summed E-state index contributed by atoms with van der Waals surface area (Å²) in [7, 11) is 0. The fourth-order valence-electron chi connectivity index (χ4n) is 3.06. The van der Waals surface area contributed by atoms with E-state index < -0.39 is 0 Å². The van der Waals surface area contributed by atoms with Crippen LogP contribution >= 0.6 is 0 Å². The number of pyridine rings is 1. The second kappa shape index (κ2) is 6.28. The molecular formula is C20H18N4O. The molecule has 0 spiro atoms. The third-order valence-electron chi connectivity index (χ3n) is 4.26. The predicted octanol–water partition coefficient (Wildman–Crippen LogP) is 4.12. The van der Waals surface area contributed by atoms with E-state index >= 15 is 0 Å². The van der Waals surface area contributed by atoms with Gasteiger partial charge in [0.1, 0.15) is 5.82 Å². The van der Waals surface area contributed by atoms with E-state index in [1.54, 1.807) is 0 Å². The average Bonchev–Trinajstić information content (AvgIpc) is 2.97. The fraction of sp³-hybridized carbons (Fsp3) is 0.100. The third kappa shape index (κ3) is 2.92. The Hall–Kier alpha value is -3.34. The number of nitrogens with one attached hydrogen (secondary N) is 2. The summed E-state index contributed by atoms with van der Waals surface area (Å²) in [5, 5.41) is 7.93. The van der Waals surface area contributed by atoms with Crippen molar-refractivity contribution < 1.29 is 4.79 Å². The molecule has 4 rings (SSSR count). The van der Waals surface area contributed by atoms with Gasteiger partial charge in [0.2, 0.25) is 0 Å². The molecule has 4 aromatic rings. The van der Waals surface area contributed by atoms with Crippen LogP contribution in [0.3, 0.4) is 0 Å². The third-order valence-corrected chi connectivity index (χ3v) is 4.26. The largest absolute Gasteiger partial charge is 0.332 e. The zero-order valence-electron chi connectivity index (χ0n) is 13.9. The molecule has 5 heteroatoms. The number of aryl methyl sites for hydroxylation is 1. The van der Waals surface area contributed by atoms with Gasteiger partial charge in [0, 0.05) is 11.6 Å². The summed E-state index contributed by atoms with van der Waals surface area (Å²) >= 11 is 0. The van der Waals surface area contributed by atoms with Crippen LogP contribution in [0.2, 0.25) is 0 Å². The van der Waals surface area contributed by atoms with E-state index in [1.807, 2.05) is 78.2 Å². The number of aromatic nitrogens is 2. The van der Waals surface area contributed by atoms with Gasteiger partial charge < -0.3 is 15.0 Å². The minimum absolute atomic E-state index is 0.244. The molecule has 124 valence electrons. The number of nitrogens with zero attached hydrogens (tertiary/aromatic N) is 2. The number of hydrogen-bond acceptors (Lipinski definition) is 2. The Kier molecular flexibility index (Phi) is 3.82. The number of imidazole rings is 1. The zero-order chi connectivity index (χ0) is 17.2. The number of carbonyl (C=O) groups is 1. The van der Waals surface area contributed by atoms with Gasteiger partial charge in [-0.15, -0.1) is 0 Å². The van der Waals surface area contributed by atoms with Crippen LogP contribution in [0.15, 0.2) is 66.9 Å². The van der Waals surface area contributed by atoms with E-state index in [9.17, 15) is 4.79 Å². The lowest BCUT2D eigenvalue weighted by molar-refractivity contribution is 0.251. The molecule has 0 fully saturated rings. The van der Waals surface area contributed by atoms with Crippen LogP contribution in [0, 0.1) is 6.92 Å². The molecule has 0 unspecified atom stereocenters. The number of urea groups is 1. The average molecular weight is 330 g/mol. The van der Waals surface area contributed by atoms with Crippen molar-refractivity contribution in [1.82, 2.24) is 14.7 Å². The molecule has 2 aromatic carbocycles. The van der Waals surface area contributed by atoms with E-state index in [0.29, 0.717) is 6.54 Å². The number of carbonyl (C=O) groups excluding carboxylic acids is 1. The van der Waals surface area contributed by atoms with Crippen molar-refractivity contribution in [3.63, 3.8) is 0 Å². The lowest BCUT2D eigenvalue weighted by Crippen LogP contribution is -2.28. The molecule has 5 nitrogen and oxygen atoms in total. The van der Waals surface area contributed by atoms with Gasteiger partial charge in [0.15, 0.2) is 0 Å².